The highest BCUT2D eigenvalue weighted by molar-refractivity contribution is 5.24. The van der Waals surface area contributed by atoms with Crippen molar-refractivity contribution in [3.05, 3.63) is 35.4 Å². The summed E-state index contributed by atoms with van der Waals surface area (Å²) in [4.78, 5) is 0. The lowest BCUT2D eigenvalue weighted by molar-refractivity contribution is -0.0112. The van der Waals surface area contributed by atoms with E-state index >= 15 is 0 Å². The SMILES string of the molecule is CCCNC(c1cc(F)cc(F)c1)C(C)(C)OC. The van der Waals surface area contributed by atoms with Gasteiger partial charge in [0.05, 0.1) is 11.6 Å². The molecule has 0 aliphatic rings. The van der Waals surface area contributed by atoms with Crippen molar-refractivity contribution in [3.8, 4) is 0 Å². The Bertz CT molecular complexity index is 373. The average molecular weight is 257 g/mol. The van der Waals surface area contributed by atoms with E-state index in [2.05, 4.69) is 5.32 Å². The van der Waals surface area contributed by atoms with Gasteiger partial charge in [-0.15, -0.1) is 0 Å². The summed E-state index contributed by atoms with van der Waals surface area (Å²) in [6.07, 6.45) is 0.939. The molecule has 0 aliphatic carbocycles. The van der Waals surface area contributed by atoms with E-state index in [1.165, 1.54) is 12.1 Å². The Balaban J connectivity index is 3.08. The first-order valence-electron chi connectivity index (χ1n) is 6.15. The Kier molecular flexibility index (Phi) is 5.23. The summed E-state index contributed by atoms with van der Waals surface area (Å²) in [5.74, 6) is -1.14. The van der Waals surface area contributed by atoms with Crippen molar-refractivity contribution in [1.29, 1.82) is 0 Å². The van der Waals surface area contributed by atoms with E-state index in [1.807, 2.05) is 20.8 Å². The molecule has 0 saturated carbocycles. The van der Waals surface area contributed by atoms with E-state index in [4.69, 9.17) is 4.74 Å². The highest BCUT2D eigenvalue weighted by Gasteiger charge is 2.30. The molecule has 4 heteroatoms. The third kappa shape index (κ3) is 3.75. The number of hydrogen-bond acceptors (Lipinski definition) is 2. The highest BCUT2D eigenvalue weighted by atomic mass is 19.1. The van der Waals surface area contributed by atoms with Crippen molar-refractivity contribution in [2.45, 2.75) is 38.8 Å². The van der Waals surface area contributed by atoms with Gasteiger partial charge in [-0.25, -0.2) is 8.78 Å². The van der Waals surface area contributed by atoms with Crippen LogP contribution in [0.25, 0.3) is 0 Å². The summed E-state index contributed by atoms with van der Waals surface area (Å²) in [5, 5.41) is 3.27. The number of rotatable bonds is 6. The standard InChI is InChI=1S/C14H21F2NO/c1-5-6-17-13(14(2,3)18-4)10-7-11(15)9-12(16)8-10/h7-9,13,17H,5-6H2,1-4H3. The number of halogens is 2. The molecule has 1 N–H and O–H groups in total. The summed E-state index contributed by atoms with van der Waals surface area (Å²) in [6.45, 7) is 6.58. The van der Waals surface area contributed by atoms with Crippen LogP contribution in [0.1, 0.15) is 38.8 Å². The molecule has 2 nitrogen and oxygen atoms in total. The quantitative estimate of drug-likeness (QED) is 0.843. The Morgan fingerprint density at radius 1 is 1.22 bits per heavy atom. The summed E-state index contributed by atoms with van der Waals surface area (Å²) in [6, 6.07) is 3.31. The maximum absolute atomic E-state index is 13.3. The van der Waals surface area contributed by atoms with Crippen LogP contribution in [0.2, 0.25) is 0 Å². The van der Waals surface area contributed by atoms with Gasteiger partial charge in [0.2, 0.25) is 0 Å². The molecular formula is C14H21F2NO. The molecule has 1 aromatic rings. The molecule has 0 saturated heterocycles. The maximum atomic E-state index is 13.3. The first kappa shape index (κ1) is 15.1. The molecule has 0 spiro atoms. The molecule has 1 atom stereocenters. The van der Waals surface area contributed by atoms with Crippen LogP contribution in [-0.2, 0) is 4.74 Å². The summed E-state index contributed by atoms with van der Waals surface area (Å²) in [7, 11) is 1.59. The molecule has 0 fully saturated rings. The first-order valence-corrected chi connectivity index (χ1v) is 6.15. The second-order valence-corrected chi connectivity index (χ2v) is 4.90. The van der Waals surface area contributed by atoms with Gasteiger partial charge < -0.3 is 10.1 Å². The Morgan fingerprint density at radius 3 is 2.22 bits per heavy atom. The summed E-state index contributed by atoms with van der Waals surface area (Å²) < 4.78 is 32.0. The van der Waals surface area contributed by atoms with Gasteiger partial charge in [-0.05, 0) is 44.5 Å². The van der Waals surface area contributed by atoms with Gasteiger partial charge in [0.15, 0.2) is 0 Å². The zero-order valence-electron chi connectivity index (χ0n) is 11.4. The fraction of sp³-hybridized carbons (Fsp3) is 0.571. The predicted octanol–water partition coefficient (Wildman–Crippen LogP) is 3.43. The molecule has 0 amide bonds. The smallest absolute Gasteiger partial charge is 0.126 e. The molecule has 1 unspecified atom stereocenters. The molecule has 102 valence electrons. The van der Waals surface area contributed by atoms with E-state index < -0.39 is 17.2 Å². The third-order valence-electron chi connectivity index (χ3n) is 3.04. The van der Waals surface area contributed by atoms with Crippen LogP contribution in [-0.4, -0.2) is 19.3 Å². The monoisotopic (exact) mass is 257 g/mol. The van der Waals surface area contributed by atoms with Crippen LogP contribution in [0.3, 0.4) is 0 Å². The molecule has 18 heavy (non-hydrogen) atoms. The fourth-order valence-electron chi connectivity index (χ4n) is 1.91. The molecule has 0 aromatic heterocycles. The molecule has 0 radical (unpaired) electrons. The lowest BCUT2D eigenvalue weighted by Gasteiger charge is -2.34. The van der Waals surface area contributed by atoms with Crippen LogP contribution in [0, 0.1) is 11.6 Å². The van der Waals surface area contributed by atoms with Gasteiger partial charge in [0.25, 0.3) is 0 Å². The summed E-state index contributed by atoms with van der Waals surface area (Å²) in [5.41, 5.74) is 0.0166. The fourth-order valence-corrected chi connectivity index (χ4v) is 1.91. The van der Waals surface area contributed by atoms with Crippen LogP contribution in [0.4, 0.5) is 8.78 Å². The van der Waals surface area contributed by atoms with Crippen molar-refractivity contribution in [2.75, 3.05) is 13.7 Å². The van der Waals surface area contributed by atoms with Crippen LogP contribution in [0.15, 0.2) is 18.2 Å². The number of hydrogen-bond donors (Lipinski definition) is 1. The number of methoxy groups -OCH3 is 1. The molecule has 1 aromatic carbocycles. The highest BCUT2D eigenvalue weighted by Crippen LogP contribution is 2.29. The van der Waals surface area contributed by atoms with Gasteiger partial charge in [-0.3, -0.25) is 0 Å². The second kappa shape index (κ2) is 6.25. The first-order chi connectivity index (χ1) is 8.40. The van der Waals surface area contributed by atoms with Gasteiger partial charge >= 0.3 is 0 Å². The largest absolute Gasteiger partial charge is 0.377 e. The van der Waals surface area contributed by atoms with Crippen LogP contribution < -0.4 is 5.32 Å². The Labute approximate surface area is 107 Å². The lowest BCUT2D eigenvalue weighted by Crippen LogP contribution is -2.41. The van der Waals surface area contributed by atoms with Crippen molar-refractivity contribution >= 4 is 0 Å². The lowest BCUT2D eigenvalue weighted by atomic mass is 9.91. The number of nitrogens with one attached hydrogen (secondary N) is 1. The van der Waals surface area contributed by atoms with Crippen LogP contribution >= 0.6 is 0 Å². The minimum atomic E-state index is -0.569. The molecule has 0 bridgehead atoms. The normalized spacial score (nSPS) is 13.7. The molecule has 0 aliphatic heterocycles. The van der Waals surface area contributed by atoms with E-state index in [9.17, 15) is 8.78 Å². The number of ether oxygens (including phenoxy) is 1. The third-order valence-corrected chi connectivity index (χ3v) is 3.04. The zero-order chi connectivity index (χ0) is 13.8. The van der Waals surface area contributed by atoms with E-state index in [0.717, 1.165) is 19.0 Å². The Morgan fingerprint density at radius 2 is 1.78 bits per heavy atom. The van der Waals surface area contributed by atoms with E-state index in [1.54, 1.807) is 7.11 Å². The summed E-state index contributed by atoms with van der Waals surface area (Å²) >= 11 is 0. The van der Waals surface area contributed by atoms with Gasteiger partial charge in [0.1, 0.15) is 11.6 Å². The second-order valence-electron chi connectivity index (χ2n) is 4.90. The minimum absolute atomic E-state index is 0.257. The van der Waals surface area contributed by atoms with E-state index in [0.29, 0.717) is 5.56 Å². The van der Waals surface area contributed by atoms with Crippen molar-refractivity contribution in [1.82, 2.24) is 5.32 Å². The average Bonchev–Trinajstić information content (AvgIpc) is 2.28. The van der Waals surface area contributed by atoms with Crippen LogP contribution in [0.5, 0.6) is 0 Å². The molecule has 0 heterocycles. The topological polar surface area (TPSA) is 21.3 Å². The minimum Gasteiger partial charge on any atom is -0.377 e. The van der Waals surface area contributed by atoms with Crippen molar-refractivity contribution < 1.29 is 13.5 Å². The maximum Gasteiger partial charge on any atom is 0.126 e. The Hall–Kier alpha value is -1.00. The van der Waals surface area contributed by atoms with Gasteiger partial charge in [-0.1, -0.05) is 6.92 Å². The number of benzene rings is 1. The molecular weight excluding hydrogens is 236 g/mol. The predicted molar refractivity (Wildman–Crippen MR) is 68.5 cm³/mol. The molecule has 1 rings (SSSR count). The zero-order valence-corrected chi connectivity index (χ0v) is 11.4. The van der Waals surface area contributed by atoms with Gasteiger partial charge in [-0.2, -0.15) is 0 Å². The van der Waals surface area contributed by atoms with Crippen molar-refractivity contribution in [3.63, 3.8) is 0 Å². The van der Waals surface area contributed by atoms with Crippen molar-refractivity contribution in [2.24, 2.45) is 0 Å². The van der Waals surface area contributed by atoms with Gasteiger partial charge in [0, 0.05) is 13.2 Å². The van der Waals surface area contributed by atoms with E-state index in [-0.39, 0.29) is 6.04 Å².